The number of hydrogen-bond donors (Lipinski definition) is 5. The Labute approximate surface area is 297 Å². The first-order chi connectivity index (χ1) is 24.3. The number of para-hydroxylation sites is 1. The number of anilines is 6. The van der Waals surface area contributed by atoms with Gasteiger partial charge in [0.2, 0.25) is 27.8 Å². The minimum Gasteiger partial charge on any atom is -0.373 e. The van der Waals surface area contributed by atoms with E-state index in [0.717, 1.165) is 55.4 Å². The van der Waals surface area contributed by atoms with Gasteiger partial charge in [-0.25, -0.2) is 18.1 Å². The van der Waals surface area contributed by atoms with Crippen LogP contribution in [0.3, 0.4) is 0 Å². The molecule has 51 heavy (non-hydrogen) atoms. The van der Waals surface area contributed by atoms with Gasteiger partial charge in [-0.1, -0.05) is 24.3 Å². The molecule has 6 rings (SSSR count). The zero-order valence-corrected chi connectivity index (χ0v) is 29.9. The molecule has 4 heterocycles. The number of carbonyl (C=O) groups is 2. The van der Waals surface area contributed by atoms with Gasteiger partial charge >= 0.3 is 0 Å². The maximum Gasteiger partial charge on any atom is 0.249 e. The van der Waals surface area contributed by atoms with E-state index in [1.54, 1.807) is 51.2 Å². The summed E-state index contributed by atoms with van der Waals surface area (Å²) >= 11 is 0. The molecule has 268 valence electrons. The molecule has 16 heteroatoms. The van der Waals surface area contributed by atoms with Gasteiger partial charge in [0.15, 0.2) is 11.6 Å². The first-order valence-electron chi connectivity index (χ1n) is 16.8. The fourth-order valence-electron chi connectivity index (χ4n) is 5.84. The highest BCUT2D eigenvalue weighted by Crippen LogP contribution is 2.25. The second kappa shape index (κ2) is 15.0. The van der Waals surface area contributed by atoms with Crippen LogP contribution in [-0.2, 0) is 26.2 Å². The Hall–Kier alpha value is -5.19. The molecular formula is C35H43N11O4S. The quantitative estimate of drug-likeness (QED) is 0.142. The van der Waals surface area contributed by atoms with Gasteiger partial charge in [-0.15, -0.1) is 10.2 Å². The topological polar surface area (TPSA) is 186 Å². The predicted molar refractivity (Wildman–Crippen MR) is 196 cm³/mol. The number of sulfonamides is 1. The van der Waals surface area contributed by atoms with Crippen LogP contribution >= 0.6 is 0 Å². The molecular weight excluding hydrogens is 671 g/mol. The number of rotatable bonds is 11. The van der Waals surface area contributed by atoms with Crippen LogP contribution in [0, 0.1) is 6.92 Å². The van der Waals surface area contributed by atoms with Crippen molar-refractivity contribution in [1.82, 2.24) is 35.1 Å². The van der Waals surface area contributed by atoms with Crippen molar-refractivity contribution < 1.29 is 18.0 Å². The van der Waals surface area contributed by atoms with E-state index in [0.29, 0.717) is 36.1 Å². The number of carbonyl (C=O) groups excluding carboxylic acids is 2. The number of aryl methyl sites for hydroxylation is 1. The number of amides is 2. The SMILES string of the molecule is Cc1cnc(Nc2ccc(N3CCN(Cc4ccccc4NC4CCC(=O)NC4=O)CC3)nn2)nc1Nc1cccc(S(=O)(=O)NC(C)(C)C)c1. The maximum atomic E-state index is 12.9. The highest BCUT2D eigenvalue weighted by Gasteiger charge is 2.27. The number of hydrogen-bond acceptors (Lipinski definition) is 13. The molecule has 1 atom stereocenters. The third-order valence-electron chi connectivity index (χ3n) is 8.39. The maximum absolute atomic E-state index is 12.9. The number of piperazine rings is 1. The van der Waals surface area contributed by atoms with Gasteiger partial charge in [0.25, 0.3) is 0 Å². The lowest BCUT2D eigenvalue weighted by atomic mass is 10.0. The second-order valence-electron chi connectivity index (χ2n) is 13.7. The van der Waals surface area contributed by atoms with Gasteiger partial charge in [0.05, 0.1) is 4.90 Å². The normalized spacial score (nSPS) is 17.2. The van der Waals surface area contributed by atoms with E-state index in [4.69, 9.17) is 0 Å². The van der Waals surface area contributed by atoms with Crippen LogP contribution in [0.4, 0.5) is 34.8 Å². The van der Waals surface area contributed by atoms with Crippen molar-refractivity contribution in [3.63, 3.8) is 0 Å². The monoisotopic (exact) mass is 713 g/mol. The minimum atomic E-state index is -3.71. The molecule has 2 aliphatic heterocycles. The van der Waals surface area contributed by atoms with Crippen LogP contribution in [0.2, 0.25) is 0 Å². The summed E-state index contributed by atoms with van der Waals surface area (Å²) < 4.78 is 28.4. The third kappa shape index (κ3) is 9.33. The van der Waals surface area contributed by atoms with E-state index < -0.39 is 21.6 Å². The summed E-state index contributed by atoms with van der Waals surface area (Å²) in [5.74, 6) is 1.56. The van der Waals surface area contributed by atoms with Crippen molar-refractivity contribution >= 4 is 56.6 Å². The van der Waals surface area contributed by atoms with E-state index >= 15 is 0 Å². The first kappa shape index (κ1) is 35.6. The molecule has 2 aromatic heterocycles. The van der Waals surface area contributed by atoms with Crippen molar-refractivity contribution in [1.29, 1.82) is 0 Å². The molecule has 15 nitrogen and oxygen atoms in total. The highest BCUT2D eigenvalue weighted by molar-refractivity contribution is 7.89. The number of imide groups is 1. The van der Waals surface area contributed by atoms with Crippen LogP contribution in [0.5, 0.6) is 0 Å². The van der Waals surface area contributed by atoms with Crippen molar-refractivity contribution in [3.05, 3.63) is 78.0 Å². The Morgan fingerprint density at radius 1 is 0.941 bits per heavy atom. The molecule has 0 saturated carbocycles. The van der Waals surface area contributed by atoms with Gasteiger partial charge in [-0.05, 0) is 76.1 Å². The summed E-state index contributed by atoms with van der Waals surface area (Å²) in [6.07, 6.45) is 2.48. The van der Waals surface area contributed by atoms with Gasteiger partial charge in [-0.2, -0.15) is 4.98 Å². The fraction of sp³-hybridized carbons (Fsp3) is 0.371. The predicted octanol–water partition coefficient (Wildman–Crippen LogP) is 3.68. The van der Waals surface area contributed by atoms with E-state index in [9.17, 15) is 18.0 Å². The number of nitrogens with zero attached hydrogens (tertiary/aromatic N) is 6. The zero-order valence-electron chi connectivity index (χ0n) is 29.1. The summed E-state index contributed by atoms with van der Waals surface area (Å²) in [5.41, 5.74) is 2.72. The van der Waals surface area contributed by atoms with Crippen LogP contribution in [0.15, 0.2) is 71.8 Å². The highest BCUT2D eigenvalue weighted by atomic mass is 32.2. The summed E-state index contributed by atoms with van der Waals surface area (Å²) in [5, 5.41) is 20.9. The van der Waals surface area contributed by atoms with Gasteiger partial charge in [0.1, 0.15) is 11.9 Å². The molecule has 2 fully saturated rings. The largest absolute Gasteiger partial charge is 0.373 e. The molecule has 2 saturated heterocycles. The van der Waals surface area contributed by atoms with Crippen LogP contribution in [-0.4, -0.2) is 83.1 Å². The van der Waals surface area contributed by atoms with Crippen molar-refractivity contribution in [3.8, 4) is 0 Å². The second-order valence-corrected chi connectivity index (χ2v) is 15.4. The number of benzene rings is 2. The third-order valence-corrected chi connectivity index (χ3v) is 10.1. The lowest BCUT2D eigenvalue weighted by molar-refractivity contribution is -0.133. The summed E-state index contributed by atoms with van der Waals surface area (Å²) in [6, 6.07) is 17.8. The molecule has 0 spiro atoms. The Bertz CT molecular complexity index is 1990. The first-order valence-corrected chi connectivity index (χ1v) is 18.3. The van der Waals surface area contributed by atoms with Crippen LogP contribution < -0.4 is 30.9 Å². The fourth-order valence-corrected chi connectivity index (χ4v) is 7.30. The number of piperidine rings is 1. The van der Waals surface area contributed by atoms with Gasteiger partial charge in [0, 0.05) is 67.8 Å². The van der Waals surface area contributed by atoms with E-state index in [-0.39, 0.29) is 16.7 Å². The van der Waals surface area contributed by atoms with E-state index in [2.05, 4.69) is 62.0 Å². The van der Waals surface area contributed by atoms with Crippen molar-refractivity contribution in [2.75, 3.05) is 47.0 Å². The van der Waals surface area contributed by atoms with E-state index in [1.165, 1.54) is 0 Å². The molecule has 0 aliphatic carbocycles. The summed E-state index contributed by atoms with van der Waals surface area (Å²) in [4.78, 5) is 37.5. The number of nitrogens with one attached hydrogen (secondary N) is 5. The molecule has 4 aromatic rings. The Morgan fingerprint density at radius 2 is 1.73 bits per heavy atom. The Kier molecular flexibility index (Phi) is 10.5. The van der Waals surface area contributed by atoms with Crippen LogP contribution in [0.1, 0.15) is 44.7 Å². The molecule has 0 radical (unpaired) electrons. The molecule has 0 bridgehead atoms. The van der Waals surface area contributed by atoms with Gasteiger partial charge < -0.3 is 20.9 Å². The Balaban J connectivity index is 1.03. The number of aromatic nitrogens is 4. The molecule has 5 N–H and O–H groups in total. The van der Waals surface area contributed by atoms with Crippen molar-refractivity contribution in [2.24, 2.45) is 0 Å². The minimum absolute atomic E-state index is 0.147. The standard InChI is InChI=1S/C35H43N11O4S/c1-23-21-36-34(41-32(23)37-25-9-7-10-26(20-25)51(49,50)44-35(2,3)4)39-29-13-14-30(43-42-29)46-18-16-45(17-19-46)22-24-8-5-6-11-27(24)38-28-12-15-31(47)40-33(28)48/h5-11,13-14,20-21,28,38,44H,12,15-19,22H2,1-4H3,(H,40,47,48)(H2,36,37,39,41,42). The average molecular weight is 714 g/mol. The summed E-state index contributed by atoms with van der Waals surface area (Å²) in [7, 11) is -3.71. The summed E-state index contributed by atoms with van der Waals surface area (Å²) in [6.45, 7) is 11.2. The Morgan fingerprint density at radius 3 is 2.45 bits per heavy atom. The molecule has 2 amide bonds. The average Bonchev–Trinajstić information content (AvgIpc) is 3.08. The zero-order chi connectivity index (χ0) is 36.2. The molecule has 1 unspecified atom stereocenters. The lowest BCUT2D eigenvalue weighted by Gasteiger charge is -2.35. The molecule has 2 aromatic carbocycles. The van der Waals surface area contributed by atoms with Gasteiger partial charge in [-0.3, -0.25) is 19.8 Å². The smallest absolute Gasteiger partial charge is 0.249 e. The van der Waals surface area contributed by atoms with Crippen LogP contribution in [0.25, 0.3) is 0 Å². The molecule has 2 aliphatic rings. The van der Waals surface area contributed by atoms with Crippen molar-refractivity contribution in [2.45, 2.75) is 63.6 Å². The lowest BCUT2D eigenvalue weighted by Crippen LogP contribution is -2.48. The van der Waals surface area contributed by atoms with E-state index in [1.807, 2.05) is 37.3 Å².